The van der Waals surface area contributed by atoms with Crippen LogP contribution >= 0.6 is 0 Å². The first-order valence-corrected chi connectivity index (χ1v) is 6.10. The summed E-state index contributed by atoms with van der Waals surface area (Å²) in [5.41, 5.74) is 1.05. The second-order valence-corrected chi connectivity index (χ2v) is 4.82. The van der Waals surface area contributed by atoms with E-state index in [9.17, 15) is 0 Å². The average Bonchev–Trinajstić information content (AvgIpc) is 2.78. The Morgan fingerprint density at radius 1 is 1.44 bits per heavy atom. The molecule has 1 saturated heterocycles. The minimum atomic E-state index is 0.617. The first-order chi connectivity index (χ1) is 7.90. The van der Waals surface area contributed by atoms with E-state index >= 15 is 0 Å². The Kier molecular flexibility index (Phi) is 2.88. The molecule has 5 nitrogen and oxygen atoms in total. The Labute approximate surface area is 95.2 Å². The molecule has 1 aromatic rings. The number of hydrogen-bond acceptors (Lipinski definition) is 4. The number of hydrogen-bond donors (Lipinski definition) is 1. The molecule has 1 saturated carbocycles. The van der Waals surface area contributed by atoms with E-state index in [1.807, 2.05) is 10.9 Å². The second kappa shape index (κ2) is 4.51. The lowest BCUT2D eigenvalue weighted by Crippen LogP contribution is -2.15. The molecule has 1 aromatic heterocycles. The average molecular weight is 222 g/mol. The van der Waals surface area contributed by atoms with Crippen molar-refractivity contribution in [1.82, 2.24) is 20.3 Å². The van der Waals surface area contributed by atoms with Gasteiger partial charge in [-0.15, -0.1) is 5.10 Å². The summed E-state index contributed by atoms with van der Waals surface area (Å²) in [6.07, 6.45) is 5.82. The lowest BCUT2D eigenvalue weighted by atomic mass is 10.1. The van der Waals surface area contributed by atoms with Gasteiger partial charge < -0.3 is 10.1 Å². The van der Waals surface area contributed by atoms with Gasteiger partial charge >= 0.3 is 0 Å². The highest BCUT2D eigenvalue weighted by Gasteiger charge is 2.21. The summed E-state index contributed by atoms with van der Waals surface area (Å²) in [6, 6.07) is 0.730. The quantitative estimate of drug-likeness (QED) is 0.791. The Morgan fingerprint density at radius 3 is 3.12 bits per heavy atom. The summed E-state index contributed by atoms with van der Waals surface area (Å²) < 4.78 is 7.30. The van der Waals surface area contributed by atoms with Crippen molar-refractivity contribution >= 4 is 0 Å². The van der Waals surface area contributed by atoms with Crippen LogP contribution < -0.4 is 5.32 Å². The van der Waals surface area contributed by atoms with Gasteiger partial charge in [0.05, 0.1) is 12.3 Å². The van der Waals surface area contributed by atoms with Crippen molar-refractivity contribution < 1.29 is 4.74 Å². The van der Waals surface area contributed by atoms with Crippen LogP contribution in [0.4, 0.5) is 0 Å². The van der Waals surface area contributed by atoms with E-state index in [1.165, 1.54) is 12.8 Å². The van der Waals surface area contributed by atoms with Crippen molar-refractivity contribution in [2.75, 3.05) is 13.2 Å². The molecular weight excluding hydrogens is 204 g/mol. The molecule has 1 N–H and O–H groups in total. The fourth-order valence-electron chi connectivity index (χ4n) is 2.04. The van der Waals surface area contributed by atoms with E-state index in [2.05, 4.69) is 15.6 Å². The highest BCUT2D eigenvalue weighted by atomic mass is 16.5. The van der Waals surface area contributed by atoms with Gasteiger partial charge in [-0.25, -0.2) is 0 Å². The number of aromatic nitrogens is 3. The number of nitrogens with zero attached hydrogens (tertiary/aromatic N) is 3. The molecule has 0 aromatic carbocycles. The minimum Gasteiger partial charge on any atom is -0.381 e. The van der Waals surface area contributed by atoms with Crippen molar-refractivity contribution in [3.63, 3.8) is 0 Å². The van der Waals surface area contributed by atoms with Crippen molar-refractivity contribution in [3.8, 4) is 0 Å². The summed E-state index contributed by atoms with van der Waals surface area (Å²) in [4.78, 5) is 0. The first kappa shape index (κ1) is 10.2. The lowest BCUT2D eigenvalue weighted by Gasteiger charge is -2.05. The first-order valence-electron chi connectivity index (χ1n) is 6.10. The van der Waals surface area contributed by atoms with Gasteiger partial charge in [0.15, 0.2) is 0 Å². The van der Waals surface area contributed by atoms with Gasteiger partial charge in [0.25, 0.3) is 0 Å². The molecule has 0 radical (unpaired) electrons. The molecule has 0 spiro atoms. The highest BCUT2D eigenvalue weighted by Crippen LogP contribution is 2.19. The highest BCUT2D eigenvalue weighted by molar-refractivity contribution is 4.94. The van der Waals surface area contributed by atoms with Gasteiger partial charge in [-0.05, 0) is 19.3 Å². The molecule has 2 heterocycles. The Bertz CT molecular complexity index is 342. The summed E-state index contributed by atoms with van der Waals surface area (Å²) in [5, 5.41) is 11.8. The molecule has 0 unspecified atom stereocenters. The van der Waals surface area contributed by atoms with Crippen LogP contribution in [0, 0.1) is 5.92 Å². The van der Waals surface area contributed by atoms with Crippen LogP contribution in [0.3, 0.4) is 0 Å². The molecular formula is C11H18N4O. The van der Waals surface area contributed by atoms with Crippen molar-refractivity contribution in [2.45, 2.75) is 38.4 Å². The molecule has 2 fully saturated rings. The molecule has 16 heavy (non-hydrogen) atoms. The summed E-state index contributed by atoms with van der Waals surface area (Å²) in [7, 11) is 0. The molecule has 1 aliphatic heterocycles. The zero-order chi connectivity index (χ0) is 10.8. The predicted octanol–water partition coefficient (Wildman–Crippen LogP) is 0.567. The maximum absolute atomic E-state index is 5.35. The summed E-state index contributed by atoms with van der Waals surface area (Å²) >= 11 is 0. The summed E-state index contributed by atoms with van der Waals surface area (Å²) in [5.74, 6) is 0.617. The molecule has 2 aliphatic rings. The zero-order valence-corrected chi connectivity index (χ0v) is 9.43. The number of ether oxygens (including phenoxy) is 1. The van der Waals surface area contributed by atoms with E-state index < -0.39 is 0 Å². The van der Waals surface area contributed by atoms with E-state index in [0.717, 1.165) is 44.5 Å². The van der Waals surface area contributed by atoms with E-state index in [1.54, 1.807) is 0 Å². The van der Waals surface area contributed by atoms with Crippen molar-refractivity contribution in [3.05, 3.63) is 11.9 Å². The van der Waals surface area contributed by atoms with Crippen LogP contribution in [0.15, 0.2) is 6.20 Å². The van der Waals surface area contributed by atoms with Crippen LogP contribution in [-0.4, -0.2) is 34.2 Å². The van der Waals surface area contributed by atoms with Gasteiger partial charge in [0.1, 0.15) is 0 Å². The monoisotopic (exact) mass is 222 g/mol. The third kappa shape index (κ3) is 2.59. The Morgan fingerprint density at radius 2 is 2.38 bits per heavy atom. The Hall–Kier alpha value is -0.940. The maximum atomic E-state index is 5.35. The molecule has 3 rings (SSSR count). The van der Waals surface area contributed by atoms with Crippen LogP contribution in [0.2, 0.25) is 0 Å². The predicted molar refractivity (Wildman–Crippen MR) is 58.8 cm³/mol. The SMILES string of the molecule is c1c(CNC2CC2)nnn1C[C@@H]1CCOC1. The molecule has 0 amide bonds. The largest absolute Gasteiger partial charge is 0.381 e. The third-order valence-corrected chi connectivity index (χ3v) is 3.20. The fourth-order valence-corrected chi connectivity index (χ4v) is 2.04. The lowest BCUT2D eigenvalue weighted by molar-refractivity contribution is 0.181. The standard InChI is InChI=1S/C11H18N4O/c1-2-10(1)12-5-11-7-15(14-13-11)6-9-3-4-16-8-9/h7,9-10,12H,1-6,8H2/t9-/m0/s1. The smallest absolute Gasteiger partial charge is 0.0964 e. The molecule has 1 atom stereocenters. The van der Waals surface area contributed by atoms with E-state index in [-0.39, 0.29) is 0 Å². The molecule has 5 heteroatoms. The Balaban J connectivity index is 1.50. The van der Waals surface area contributed by atoms with Gasteiger partial charge in [0.2, 0.25) is 0 Å². The number of rotatable bonds is 5. The topological polar surface area (TPSA) is 52.0 Å². The van der Waals surface area contributed by atoms with Crippen LogP contribution in [0.1, 0.15) is 25.0 Å². The number of nitrogens with one attached hydrogen (secondary N) is 1. The van der Waals surface area contributed by atoms with Gasteiger partial charge in [-0.1, -0.05) is 5.21 Å². The van der Waals surface area contributed by atoms with Crippen LogP contribution in [0.5, 0.6) is 0 Å². The van der Waals surface area contributed by atoms with Crippen LogP contribution in [-0.2, 0) is 17.8 Å². The second-order valence-electron chi connectivity index (χ2n) is 4.82. The normalized spacial score (nSPS) is 25.1. The van der Waals surface area contributed by atoms with Crippen molar-refractivity contribution in [1.29, 1.82) is 0 Å². The maximum Gasteiger partial charge on any atom is 0.0964 e. The van der Waals surface area contributed by atoms with Gasteiger partial charge in [-0.2, -0.15) is 0 Å². The molecule has 0 bridgehead atoms. The van der Waals surface area contributed by atoms with Gasteiger partial charge in [0, 0.05) is 37.9 Å². The molecule has 88 valence electrons. The fraction of sp³-hybridized carbons (Fsp3) is 0.818. The third-order valence-electron chi connectivity index (χ3n) is 3.20. The van der Waals surface area contributed by atoms with E-state index in [0.29, 0.717) is 5.92 Å². The van der Waals surface area contributed by atoms with Crippen molar-refractivity contribution in [2.24, 2.45) is 5.92 Å². The van der Waals surface area contributed by atoms with Crippen LogP contribution in [0.25, 0.3) is 0 Å². The minimum absolute atomic E-state index is 0.617. The zero-order valence-electron chi connectivity index (χ0n) is 9.43. The summed E-state index contributed by atoms with van der Waals surface area (Å²) in [6.45, 7) is 3.56. The van der Waals surface area contributed by atoms with Gasteiger partial charge in [-0.3, -0.25) is 4.68 Å². The molecule has 1 aliphatic carbocycles. The van der Waals surface area contributed by atoms with E-state index in [4.69, 9.17) is 4.74 Å².